The first kappa shape index (κ1) is 28.2. The Morgan fingerprint density at radius 3 is 2.54 bits per heavy atom. The zero-order valence-corrected chi connectivity index (χ0v) is 22.5. The van der Waals surface area contributed by atoms with Gasteiger partial charge in [0.15, 0.2) is 11.5 Å². The number of urea groups is 1. The van der Waals surface area contributed by atoms with Crippen molar-refractivity contribution in [2.45, 2.75) is 58.4 Å². The third-order valence-corrected chi connectivity index (χ3v) is 6.65. The molecule has 4 N–H and O–H groups in total. The van der Waals surface area contributed by atoms with Gasteiger partial charge in [0.2, 0.25) is 5.91 Å². The van der Waals surface area contributed by atoms with E-state index in [0.29, 0.717) is 44.2 Å². The number of hydroxylamine groups is 1. The number of fused-ring (bicyclic) bond motifs is 1. The van der Waals surface area contributed by atoms with Crippen LogP contribution in [-0.2, 0) is 16.1 Å². The molecule has 4 rings (SSSR count). The number of carbonyl (C=O) groups excluding carboxylic acids is 2. The van der Waals surface area contributed by atoms with Crippen molar-refractivity contribution in [1.82, 2.24) is 30.5 Å². The van der Waals surface area contributed by atoms with Gasteiger partial charge in [-0.05, 0) is 43.5 Å². The second kappa shape index (κ2) is 14.4. The van der Waals surface area contributed by atoms with E-state index in [9.17, 15) is 9.59 Å². The second-order valence-corrected chi connectivity index (χ2v) is 9.59. The quantitative estimate of drug-likeness (QED) is 0.146. The van der Waals surface area contributed by atoms with Crippen molar-refractivity contribution in [3.8, 4) is 11.4 Å². The Bertz CT molecular complexity index is 1220. The number of ether oxygens (including phenoxy) is 1. The summed E-state index contributed by atoms with van der Waals surface area (Å²) in [5.74, 6) is 1.09. The number of nitrogens with one attached hydrogen (secondary N) is 3. The highest BCUT2D eigenvalue weighted by molar-refractivity contribution is 5.90. The van der Waals surface area contributed by atoms with Gasteiger partial charge in [0.1, 0.15) is 5.82 Å². The highest BCUT2D eigenvalue weighted by atomic mass is 16.5. The Morgan fingerprint density at radius 1 is 1.03 bits per heavy atom. The first-order valence-electron chi connectivity index (χ1n) is 13.7. The topological polar surface area (TPSA) is 147 Å². The van der Waals surface area contributed by atoms with Crippen molar-refractivity contribution < 1.29 is 19.5 Å². The molecule has 0 bridgehead atoms. The molecule has 1 saturated heterocycles. The van der Waals surface area contributed by atoms with Gasteiger partial charge < -0.3 is 20.3 Å². The van der Waals surface area contributed by atoms with Gasteiger partial charge in [-0.3, -0.25) is 10.0 Å². The number of carbonyl (C=O) groups is 2. The van der Waals surface area contributed by atoms with E-state index in [-0.39, 0.29) is 11.9 Å². The molecule has 1 aliphatic heterocycles. The van der Waals surface area contributed by atoms with E-state index in [1.165, 1.54) is 0 Å². The largest absolute Gasteiger partial charge is 0.378 e. The van der Waals surface area contributed by atoms with Crippen LogP contribution in [-0.4, -0.2) is 69.7 Å². The van der Waals surface area contributed by atoms with E-state index >= 15 is 0 Å². The second-order valence-electron chi connectivity index (χ2n) is 9.59. The van der Waals surface area contributed by atoms with Crippen LogP contribution in [0.3, 0.4) is 0 Å². The predicted octanol–water partition coefficient (Wildman–Crippen LogP) is 3.71. The van der Waals surface area contributed by atoms with E-state index in [1.54, 1.807) is 5.48 Å². The monoisotopic (exact) mass is 538 g/mol. The molecule has 2 aromatic heterocycles. The Hall–Kier alpha value is -3.77. The number of hydrogen-bond acceptors (Lipinski definition) is 8. The molecule has 0 aliphatic carbocycles. The van der Waals surface area contributed by atoms with Crippen LogP contribution in [0.2, 0.25) is 0 Å². The lowest BCUT2D eigenvalue weighted by atomic mass is 10.1. The van der Waals surface area contributed by atoms with Gasteiger partial charge in [0.25, 0.3) is 0 Å². The molecule has 3 amide bonds. The number of rotatable bonds is 13. The summed E-state index contributed by atoms with van der Waals surface area (Å²) in [6.45, 7) is 6.20. The smallest absolute Gasteiger partial charge is 0.319 e. The zero-order valence-electron chi connectivity index (χ0n) is 22.5. The molecule has 0 radical (unpaired) electrons. The molecular formula is C27H38N8O4. The summed E-state index contributed by atoms with van der Waals surface area (Å²) in [4.78, 5) is 35.3. The van der Waals surface area contributed by atoms with Crippen LogP contribution in [0, 0.1) is 0 Å². The van der Waals surface area contributed by atoms with Gasteiger partial charge in [0.05, 0.1) is 24.8 Å². The number of unbranched alkanes of at least 4 members (excludes halogenated alkanes) is 4. The lowest BCUT2D eigenvalue weighted by molar-refractivity contribution is -0.129. The summed E-state index contributed by atoms with van der Waals surface area (Å²) in [6.07, 6.45) is 7.57. The summed E-state index contributed by atoms with van der Waals surface area (Å²) in [5, 5.41) is 19.9. The number of benzene rings is 1. The molecule has 1 aliphatic rings. The minimum atomic E-state index is -0.355. The van der Waals surface area contributed by atoms with Crippen molar-refractivity contribution in [3.63, 3.8) is 0 Å². The average Bonchev–Trinajstić information content (AvgIpc) is 3.38. The van der Waals surface area contributed by atoms with E-state index in [1.807, 2.05) is 35.1 Å². The van der Waals surface area contributed by atoms with Crippen LogP contribution in [0.25, 0.3) is 22.4 Å². The van der Waals surface area contributed by atoms with E-state index in [4.69, 9.17) is 19.9 Å². The molecule has 0 unspecified atom stereocenters. The third kappa shape index (κ3) is 7.87. The molecule has 12 nitrogen and oxygen atoms in total. The van der Waals surface area contributed by atoms with Crippen molar-refractivity contribution in [2.75, 3.05) is 43.1 Å². The van der Waals surface area contributed by atoms with Crippen LogP contribution in [0.15, 0.2) is 30.5 Å². The minimum absolute atomic E-state index is 0.218. The number of aryl methyl sites for hydroxylation is 1. The van der Waals surface area contributed by atoms with Crippen molar-refractivity contribution in [3.05, 3.63) is 30.5 Å². The molecule has 3 aromatic rings. The maximum Gasteiger partial charge on any atom is 0.319 e. The lowest BCUT2D eigenvalue weighted by Gasteiger charge is -2.28. The van der Waals surface area contributed by atoms with Crippen LogP contribution in [0.1, 0.15) is 51.9 Å². The number of anilines is 2. The molecule has 39 heavy (non-hydrogen) atoms. The summed E-state index contributed by atoms with van der Waals surface area (Å²) >= 11 is 0. The van der Waals surface area contributed by atoms with Gasteiger partial charge in [-0.15, -0.1) is 0 Å². The Labute approximate surface area is 228 Å². The van der Waals surface area contributed by atoms with Crippen LogP contribution in [0.4, 0.5) is 16.3 Å². The fraction of sp³-hybridized carbons (Fsp3) is 0.519. The van der Waals surface area contributed by atoms with Gasteiger partial charge in [-0.2, -0.15) is 5.10 Å². The maximum absolute atomic E-state index is 12.1. The fourth-order valence-electron chi connectivity index (χ4n) is 4.46. The molecule has 0 atom stereocenters. The number of hydrogen-bond donors (Lipinski definition) is 4. The molecule has 1 fully saturated rings. The minimum Gasteiger partial charge on any atom is -0.378 e. The predicted molar refractivity (Wildman–Crippen MR) is 149 cm³/mol. The number of aromatic nitrogens is 4. The van der Waals surface area contributed by atoms with Crippen molar-refractivity contribution >= 4 is 34.5 Å². The van der Waals surface area contributed by atoms with E-state index < -0.39 is 0 Å². The highest BCUT2D eigenvalue weighted by Crippen LogP contribution is 2.29. The average molecular weight is 539 g/mol. The molecule has 3 heterocycles. The van der Waals surface area contributed by atoms with E-state index in [2.05, 4.69) is 27.6 Å². The van der Waals surface area contributed by atoms with Crippen LogP contribution in [0.5, 0.6) is 0 Å². The summed E-state index contributed by atoms with van der Waals surface area (Å²) in [7, 11) is 0. The molecule has 0 saturated carbocycles. The summed E-state index contributed by atoms with van der Waals surface area (Å²) in [5.41, 5.74) is 3.99. The van der Waals surface area contributed by atoms with Gasteiger partial charge >= 0.3 is 6.03 Å². The fourth-order valence-corrected chi connectivity index (χ4v) is 4.46. The summed E-state index contributed by atoms with van der Waals surface area (Å²) in [6, 6.07) is 7.31. The normalized spacial score (nSPS) is 13.4. The molecule has 0 spiro atoms. The molecule has 210 valence electrons. The Kier molecular flexibility index (Phi) is 10.4. The Morgan fingerprint density at radius 2 is 1.79 bits per heavy atom. The lowest BCUT2D eigenvalue weighted by Crippen LogP contribution is -2.37. The number of morpholine rings is 1. The van der Waals surface area contributed by atoms with Gasteiger partial charge in [-0.25, -0.2) is 24.9 Å². The number of nitrogens with zero attached hydrogens (tertiary/aromatic N) is 5. The van der Waals surface area contributed by atoms with E-state index in [0.717, 1.165) is 74.0 Å². The zero-order chi connectivity index (χ0) is 27.5. The SMILES string of the molecule is CCCCNC(=O)Nc1ccc(-c2nc(N3CCOCC3)c3cnn(CCCCCCC(=O)NO)c3n2)cc1. The van der Waals surface area contributed by atoms with Crippen molar-refractivity contribution in [1.29, 1.82) is 0 Å². The molecular weight excluding hydrogens is 500 g/mol. The van der Waals surface area contributed by atoms with Crippen molar-refractivity contribution in [2.24, 2.45) is 0 Å². The van der Waals surface area contributed by atoms with Crippen LogP contribution < -0.4 is 21.0 Å². The summed E-state index contributed by atoms with van der Waals surface area (Å²) < 4.78 is 7.47. The standard InChI is InChI=1S/C27H38N8O4/c1-2-3-13-28-27(37)30-21-11-9-20(10-12-21)24-31-25(34-15-17-39-18-16-34)22-19-29-35(26(22)32-24)14-7-5-4-6-8-23(36)33-38/h9-12,19,38H,2-8,13-18H2,1H3,(H,33,36)(H2,28,30,37). The van der Waals surface area contributed by atoms with Gasteiger partial charge in [0, 0.05) is 43.9 Å². The maximum atomic E-state index is 12.1. The van der Waals surface area contributed by atoms with Crippen LogP contribution >= 0.6 is 0 Å². The Balaban J connectivity index is 1.50. The molecule has 1 aromatic carbocycles. The first-order valence-corrected chi connectivity index (χ1v) is 13.7. The highest BCUT2D eigenvalue weighted by Gasteiger charge is 2.20. The third-order valence-electron chi connectivity index (χ3n) is 6.65. The first-order chi connectivity index (χ1) is 19.1. The number of amides is 3. The van der Waals surface area contributed by atoms with Gasteiger partial charge in [-0.1, -0.05) is 26.2 Å². The molecule has 12 heteroatoms.